The zero-order valence-corrected chi connectivity index (χ0v) is 17.5. The molecule has 0 radical (unpaired) electrons. The Morgan fingerprint density at radius 1 is 0.920 bits per heavy atom. The van der Waals surface area contributed by atoms with Gasteiger partial charge >= 0.3 is 0 Å². The van der Waals surface area contributed by atoms with E-state index in [9.17, 15) is 0 Å². The highest BCUT2D eigenvalue weighted by Gasteiger charge is 2.06. The molecule has 0 aliphatic carbocycles. The Balaban J connectivity index is 0.00000104. The molecular formula is C23H35NO. The lowest BCUT2D eigenvalue weighted by atomic mass is 9.97. The summed E-state index contributed by atoms with van der Waals surface area (Å²) in [6.45, 7) is 14.5. The second-order valence-corrected chi connectivity index (χ2v) is 5.73. The van der Waals surface area contributed by atoms with Gasteiger partial charge in [0, 0.05) is 12.8 Å². The van der Waals surface area contributed by atoms with E-state index in [4.69, 9.17) is 4.74 Å². The van der Waals surface area contributed by atoms with Crippen LogP contribution in [0.15, 0.2) is 41.4 Å². The van der Waals surface area contributed by atoms with Crippen molar-refractivity contribution in [2.75, 3.05) is 14.2 Å². The fourth-order valence-corrected chi connectivity index (χ4v) is 2.37. The second kappa shape index (κ2) is 12.3. The van der Waals surface area contributed by atoms with Crippen LogP contribution in [-0.4, -0.2) is 19.9 Å². The van der Waals surface area contributed by atoms with Crippen LogP contribution in [0.5, 0.6) is 5.75 Å². The highest BCUT2D eigenvalue weighted by molar-refractivity contribution is 6.00. The van der Waals surface area contributed by atoms with Crippen LogP contribution in [0.4, 0.5) is 0 Å². The van der Waals surface area contributed by atoms with E-state index in [0.29, 0.717) is 0 Å². The van der Waals surface area contributed by atoms with E-state index in [0.717, 1.165) is 17.0 Å². The normalized spacial score (nSPS) is 10.2. The minimum Gasteiger partial charge on any atom is -0.496 e. The quantitative estimate of drug-likeness (QED) is 0.559. The summed E-state index contributed by atoms with van der Waals surface area (Å²) in [5, 5.41) is 0. The van der Waals surface area contributed by atoms with Gasteiger partial charge in [0.1, 0.15) is 5.75 Å². The third kappa shape index (κ3) is 6.74. The lowest BCUT2D eigenvalue weighted by Gasteiger charge is -2.11. The Bertz CT molecular complexity index is 672. The number of aliphatic imine (C=N–C) groups is 1. The van der Waals surface area contributed by atoms with Gasteiger partial charge in [-0.1, -0.05) is 64.4 Å². The molecule has 138 valence electrons. The minimum atomic E-state index is 0.926. The number of aryl methyl sites for hydroxylation is 2. The van der Waals surface area contributed by atoms with Crippen molar-refractivity contribution >= 4 is 5.71 Å². The summed E-state index contributed by atoms with van der Waals surface area (Å²) in [7, 11) is 3.54. The number of hydrogen-bond acceptors (Lipinski definition) is 2. The summed E-state index contributed by atoms with van der Waals surface area (Å²) in [6.07, 6.45) is 1.25. The molecule has 2 nitrogen and oxygen atoms in total. The van der Waals surface area contributed by atoms with Crippen LogP contribution in [0, 0.1) is 13.8 Å². The molecule has 0 aromatic heterocycles. The third-order valence-electron chi connectivity index (χ3n) is 3.69. The van der Waals surface area contributed by atoms with Crippen molar-refractivity contribution in [3.05, 3.63) is 53.1 Å². The van der Waals surface area contributed by atoms with Gasteiger partial charge in [-0.25, -0.2) is 0 Å². The van der Waals surface area contributed by atoms with Crippen LogP contribution in [0.3, 0.4) is 0 Å². The first kappa shape index (κ1) is 22.9. The summed E-state index contributed by atoms with van der Waals surface area (Å²) < 4.78 is 5.40. The fraction of sp³-hybridized carbons (Fsp3) is 0.435. The lowest BCUT2D eigenvalue weighted by molar-refractivity contribution is 0.412. The number of rotatable bonds is 3. The molecule has 2 aromatic rings. The Hall–Kier alpha value is -2.09. The SMILES string of the molecule is CC.CCC.CN=C(C)c1ccc(-c2ccc(C)c(OC)c2)cc1C. The van der Waals surface area contributed by atoms with Crippen molar-refractivity contribution in [1.29, 1.82) is 0 Å². The zero-order valence-electron chi connectivity index (χ0n) is 17.5. The predicted molar refractivity (Wildman–Crippen MR) is 113 cm³/mol. The first-order valence-electron chi connectivity index (χ1n) is 9.17. The molecule has 0 bridgehead atoms. The summed E-state index contributed by atoms with van der Waals surface area (Å²) >= 11 is 0. The van der Waals surface area contributed by atoms with E-state index in [2.05, 4.69) is 69.1 Å². The predicted octanol–water partition coefficient (Wildman–Crippen LogP) is 6.86. The van der Waals surface area contributed by atoms with Gasteiger partial charge in [0.15, 0.2) is 0 Å². The van der Waals surface area contributed by atoms with Gasteiger partial charge in [0.05, 0.1) is 7.11 Å². The number of benzene rings is 2. The maximum atomic E-state index is 5.40. The highest BCUT2D eigenvalue weighted by Crippen LogP contribution is 2.28. The molecule has 0 amide bonds. The molecule has 0 spiro atoms. The van der Waals surface area contributed by atoms with Crippen molar-refractivity contribution in [2.45, 2.75) is 54.9 Å². The Morgan fingerprint density at radius 3 is 1.92 bits per heavy atom. The third-order valence-corrected chi connectivity index (χ3v) is 3.69. The van der Waals surface area contributed by atoms with E-state index in [1.54, 1.807) is 7.11 Å². The van der Waals surface area contributed by atoms with Crippen molar-refractivity contribution in [2.24, 2.45) is 4.99 Å². The first-order chi connectivity index (χ1) is 12.0. The van der Waals surface area contributed by atoms with Crippen LogP contribution in [0.2, 0.25) is 0 Å². The van der Waals surface area contributed by atoms with Gasteiger partial charge in [0.25, 0.3) is 0 Å². The number of ether oxygens (including phenoxy) is 1. The lowest BCUT2D eigenvalue weighted by Crippen LogP contribution is -1.98. The largest absolute Gasteiger partial charge is 0.496 e. The topological polar surface area (TPSA) is 21.6 Å². The van der Waals surface area contributed by atoms with E-state index in [1.165, 1.54) is 28.7 Å². The van der Waals surface area contributed by atoms with Crippen molar-refractivity contribution < 1.29 is 4.74 Å². The molecule has 2 aromatic carbocycles. The van der Waals surface area contributed by atoms with Gasteiger partial charge in [-0.15, -0.1) is 0 Å². The van der Waals surface area contributed by atoms with Crippen molar-refractivity contribution in [1.82, 2.24) is 0 Å². The number of methoxy groups -OCH3 is 1. The molecule has 0 heterocycles. The highest BCUT2D eigenvalue weighted by atomic mass is 16.5. The van der Waals surface area contributed by atoms with Gasteiger partial charge in [-0.2, -0.15) is 0 Å². The van der Waals surface area contributed by atoms with Crippen molar-refractivity contribution in [3.8, 4) is 16.9 Å². The van der Waals surface area contributed by atoms with Crippen LogP contribution >= 0.6 is 0 Å². The fourth-order valence-electron chi connectivity index (χ4n) is 2.37. The maximum Gasteiger partial charge on any atom is 0.122 e. The molecule has 0 aliphatic rings. The van der Waals surface area contributed by atoms with Gasteiger partial charge < -0.3 is 4.74 Å². The number of hydrogen-bond donors (Lipinski definition) is 0. The Morgan fingerprint density at radius 2 is 1.44 bits per heavy atom. The molecule has 0 atom stereocenters. The summed E-state index contributed by atoms with van der Waals surface area (Å²) in [4.78, 5) is 4.26. The van der Waals surface area contributed by atoms with Gasteiger partial charge in [-0.3, -0.25) is 4.99 Å². The number of nitrogens with zero attached hydrogens (tertiary/aromatic N) is 1. The van der Waals surface area contributed by atoms with E-state index >= 15 is 0 Å². The van der Waals surface area contributed by atoms with Crippen LogP contribution < -0.4 is 4.74 Å². The van der Waals surface area contributed by atoms with Crippen LogP contribution in [0.1, 0.15) is 57.7 Å². The van der Waals surface area contributed by atoms with Gasteiger partial charge in [-0.05, 0) is 54.7 Å². The van der Waals surface area contributed by atoms with Crippen LogP contribution in [-0.2, 0) is 0 Å². The van der Waals surface area contributed by atoms with E-state index in [-0.39, 0.29) is 0 Å². The van der Waals surface area contributed by atoms with Gasteiger partial charge in [0.2, 0.25) is 0 Å². The zero-order chi connectivity index (χ0) is 19.4. The maximum absolute atomic E-state index is 5.40. The summed E-state index contributed by atoms with van der Waals surface area (Å²) in [5.41, 5.74) is 7.04. The second-order valence-electron chi connectivity index (χ2n) is 5.73. The van der Waals surface area contributed by atoms with Crippen LogP contribution in [0.25, 0.3) is 11.1 Å². The Kier molecular flexibility index (Phi) is 11.3. The summed E-state index contributed by atoms with van der Waals surface area (Å²) in [5.74, 6) is 0.926. The molecule has 0 unspecified atom stereocenters. The Labute approximate surface area is 155 Å². The standard InChI is InChI=1S/C18H21NO.C3H8.C2H6/c1-12-6-7-16(11-18(12)20-5)15-8-9-17(13(2)10-15)14(3)19-4;1-3-2;1-2/h6-11H,1-5H3;3H2,1-2H3;1-2H3. The average Bonchev–Trinajstić information content (AvgIpc) is 2.63. The molecular weight excluding hydrogens is 306 g/mol. The smallest absolute Gasteiger partial charge is 0.122 e. The first-order valence-corrected chi connectivity index (χ1v) is 9.17. The van der Waals surface area contributed by atoms with E-state index in [1.807, 2.05) is 27.8 Å². The molecule has 25 heavy (non-hydrogen) atoms. The molecule has 2 heteroatoms. The van der Waals surface area contributed by atoms with E-state index < -0.39 is 0 Å². The summed E-state index contributed by atoms with van der Waals surface area (Å²) in [6, 6.07) is 12.8. The molecule has 0 fully saturated rings. The average molecular weight is 342 g/mol. The molecule has 0 saturated carbocycles. The minimum absolute atomic E-state index is 0.926. The molecule has 0 aliphatic heterocycles. The molecule has 0 N–H and O–H groups in total. The van der Waals surface area contributed by atoms with Crippen molar-refractivity contribution in [3.63, 3.8) is 0 Å². The monoisotopic (exact) mass is 341 g/mol. The molecule has 2 rings (SSSR count). The molecule has 0 saturated heterocycles.